The van der Waals surface area contributed by atoms with Crippen molar-refractivity contribution in [3.05, 3.63) is 71.8 Å². The summed E-state index contributed by atoms with van der Waals surface area (Å²) in [5, 5.41) is 48.6. The number of benzene rings is 2. The first-order valence-electron chi connectivity index (χ1n) is 13.3. The summed E-state index contributed by atoms with van der Waals surface area (Å²) in [4.78, 5) is 24.7. The number of nitrogens with one attached hydrogen (secondary N) is 3. The first-order valence-corrected chi connectivity index (χ1v) is 13.3. The van der Waals surface area contributed by atoms with Crippen LogP contribution in [0.3, 0.4) is 0 Å². The standard InChI is InChI=1S/C29H43N3O8/c1-29(2,3)40-28(38)32-24(15-21-12-8-5-9-13-21)26(36)17-30-16-25(35)23(14-20-10-6-4-7-11-20)31-27(37)39-19-22(34)18-33/h4-13,22-26,30,33-36H,14-19H2,1-3H3,(H,31,37)(H,32,38)/t22-,23+,24+,25-,26-/m1/s1. The normalized spacial score (nSPS) is 15.3. The van der Waals surface area contributed by atoms with Crippen LogP contribution in [0, 0.1) is 0 Å². The van der Waals surface area contributed by atoms with E-state index in [1.807, 2.05) is 60.7 Å². The molecule has 0 aliphatic heterocycles. The van der Waals surface area contributed by atoms with Gasteiger partial charge in [0.25, 0.3) is 0 Å². The summed E-state index contributed by atoms with van der Waals surface area (Å²) in [6, 6.07) is 17.2. The molecule has 40 heavy (non-hydrogen) atoms. The zero-order chi connectivity index (χ0) is 29.5. The van der Waals surface area contributed by atoms with Gasteiger partial charge in [-0.15, -0.1) is 0 Å². The van der Waals surface area contributed by atoms with Gasteiger partial charge in [-0.3, -0.25) is 0 Å². The van der Waals surface area contributed by atoms with Crippen molar-refractivity contribution in [1.29, 1.82) is 0 Å². The summed E-state index contributed by atoms with van der Waals surface area (Å²) in [7, 11) is 0. The molecule has 2 aromatic carbocycles. The molecule has 2 amide bonds. The second kappa shape index (κ2) is 16.8. The highest BCUT2D eigenvalue weighted by molar-refractivity contribution is 5.68. The van der Waals surface area contributed by atoms with E-state index in [9.17, 15) is 24.9 Å². The van der Waals surface area contributed by atoms with Gasteiger partial charge in [0.2, 0.25) is 0 Å². The van der Waals surface area contributed by atoms with Crippen LogP contribution in [0.1, 0.15) is 31.9 Å². The third-order valence-electron chi connectivity index (χ3n) is 5.86. The lowest BCUT2D eigenvalue weighted by molar-refractivity contribution is 0.0283. The summed E-state index contributed by atoms with van der Waals surface area (Å²) in [6.45, 7) is 4.36. The van der Waals surface area contributed by atoms with Gasteiger partial charge in [-0.2, -0.15) is 0 Å². The number of aliphatic hydroxyl groups is 4. The number of amides is 2. The minimum Gasteiger partial charge on any atom is -0.447 e. The Bertz CT molecular complexity index is 1000. The second-order valence-corrected chi connectivity index (χ2v) is 10.6. The monoisotopic (exact) mass is 561 g/mol. The average Bonchev–Trinajstić information content (AvgIpc) is 2.91. The van der Waals surface area contributed by atoms with Crippen molar-refractivity contribution in [3.8, 4) is 0 Å². The number of carbonyl (C=O) groups is 2. The van der Waals surface area contributed by atoms with Gasteiger partial charge in [-0.05, 0) is 44.7 Å². The fourth-order valence-corrected chi connectivity index (χ4v) is 3.84. The van der Waals surface area contributed by atoms with Crippen LogP contribution in [0.15, 0.2) is 60.7 Å². The maximum absolute atomic E-state index is 12.4. The number of hydrogen-bond acceptors (Lipinski definition) is 9. The van der Waals surface area contributed by atoms with E-state index >= 15 is 0 Å². The number of carbonyl (C=O) groups excluding carboxylic acids is 2. The Balaban J connectivity index is 2.00. The smallest absolute Gasteiger partial charge is 0.407 e. The highest BCUT2D eigenvalue weighted by Gasteiger charge is 2.27. The summed E-state index contributed by atoms with van der Waals surface area (Å²) < 4.78 is 10.3. The molecule has 0 aromatic heterocycles. The molecule has 0 aliphatic carbocycles. The maximum Gasteiger partial charge on any atom is 0.407 e. The van der Waals surface area contributed by atoms with E-state index in [-0.39, 0.29) is 13.1 Å². The van der Waals surface area contributed by atoms with Crippen LogP contribution in [0.4, 0.5) is 9.59 Å². The molecule has 222 valence electrons. The lowest BCUT2D eigenvalue weighted by Crippen LogP contribution is -2.52. The van der Waals surface area contributed by atoms with Crippen LogP contribution in [0.2, 0.25) is 0 Å². The minimum atomic E-state index is -1.20. The zero-order valence-corrected chi connectivity index (χ0v) is 23.3. The van der Waals surface area contributed by atoms with E-state index in [1.54, 1.807) is 20.8 Å². The average molecular weight is 562 g/mol. The SMILES string of the molecule is CC(C)(C)OC(=O)N[C@@H](Cc1ccccc1)[C@H](O)CNC[C@@H](O)[C@H](Cc1ccccc1)NC(=O)OC[C@H](O)CO. The third kappa shape index (κ3) is 13.2. The van der Waals surface area contributed by atoms with E-state index in [0.29, 0.717) is 12.8 Å². The quantitative estimate of drug-likeness (QED) is 0.168. The molecule has 0 heterocycles. The summed E-state index contributed by atoms with van der Waals surface area (Å²) in [6.07, 6.45) is -4.15. The van der Waals surface area contributed by atoms with Crippen molar-refractivity contribution in [1.82, 2.24) is 16.0 Å². The van der Waals surface area contributed by atoms with E-state index in [4.69, 9.17) is 14.6 Å². The number of alkyl carbamates (subject to hydrolysis) is 2. The van der Waals surface area contributed by atoms with Gasteiger partial charge in [0.1, 0.15) is 18.3 Å². The molecule has 2 rings (SSSR count). The van der Waals surface area contributed by atoms with Crippen LogP contribution in [0.25, 0.3) is 0 Å². The lowest BCUT2D eigenvalue weighted by atomic mass is 10.00. The Morgan fingerprint density at radius 3 is 1.65 bits per heavy atom. The van der Waals surface area contributed by atoms with Gasteiger partial charge in [0.05, 0.1) is 30.9 Å². The Morgan fingerprint density at radius 2 is 1.23 bits per heavy atom. The van der Waals surface area contributed by atoms with Crippen molar-refractivity contribution in [2.24, 2.45) is 0 Å². The molecule has 0 aliphatic rings. The van der Waals surface area contributed by atoms with Gasteiger partial charge in [0, 0.05) is 13.1 Å². The molecule has 0 radical (unpaired) electrons. The van der Waals surface area contributed by atoms with Gasteiger partial charge < -0.3 is 45.9 Å². The molecule has 0 saturated carbocycles. The third-order valence-corrected chi connectivity index (χ3v) is 5.86. The van der Waals surface area contributed by atoms with E-state index < -0.39 is 61.4 Å². The van der Waals surface area contributed by atoms with E-state index in [1.165, 1.54) is 0 Å². The number of ether oxygens (including phenoxy) is 2. The lowest BCUT2D eigenvalue weighted by Gasteiger charge is -2.28. The fourth-order valence-electron chi connectivity index (χ4n) is 3.84. The maximum atomic E-state index is 12.4. The van der Waals surface area contributed by atoms with Crippen LogP contribution < -0.4 is 16.0 Å². The topological polar surface area (TPSA) is 170 Å². The predicted molar refractivity (Wildman–Crippen MR) is 150 cm³/mol. The van der Waals surface area contributed by atoms with Gasteiger partial charge in [0.15, 0.2) is 0 Å². The Hall–Kier alpha value is -3.22. The Kier molecular flexibility index (Phi) is 13.8. The first kappa shape index (κ1) is 33.0. The molecule has 11 heteroatoms. The van der Waals surface area contributed by atoms with Gasteiger partial charge in [-0.1, -0.05) is 60.7 Å². The summed E-state index contributed by atoms with van der Waals surface area (Å²) in [5.74, 6) is 0. The van der Waals surface area contributed by atoms with Gasteiger partial charge in [-0.25, -0.2) is 9.59 Å². The molecule has 0 unspecified atom stereocenters. The molecular formula is C29H43N3O8. The van der Waals surface area contributed by atoms with Crippen molar-refractivity contribution >= 4 is 12.2 Å². The van der Waals surface area contributed by atoms with Gasteiger partial charge >= 0.3 is 12.2 Å². The van der Waals surface area contributed by atoms with Crippen LogP contribution >= 0.6 is 0 Å². The molecule has 5 atom stereocenters. The zero-order valence-electron chi connectivity index (χ0n) is 23.3. The number of hydrogen-bond donors (Lipinski definition) is 7. The molecule has 11 nitrogen and oxygen atoms in total. The second-order valence-electron chi connectivity index (χ2n) is 10.6. The molecule has 0 fully saturated rings. The predicted octanol–water partition coefficient (Wildman–Crippen LogP) is 1.12. The number of rotatable bonds is 15. The first-order chi connectivity index (χ1) is 19.0. The van der Waals surface area contributed by atoms with E-state index in [0.717, 1.165) is 11.1 Å². The molecule has 7 N–H and O–H groups in total. The molecular weight excluding hydrogens is 518 g/mol. The molecule has 0 spiro atoms. The molecule has 2 aromatic rings. The highest BCUT2D eigenvalue weighted by Crippen LogP contribution is 2.11. The summed E-state index contributed by atoms with van der Waals surface area (Å²) >= 11 is 0. The van der Waals surface area contributed by atoms with Crippen LogP contribution in [-0.4, -0.2) is 94.9 Å². The fraction of sp³-hybridized carbons (Fsp3) is 0.517. The van der Waals surface area contributed by atoms with Crippen molar-refractivity contribution in [2.45, 2.75) is 69.6 Å². The largest absolute Gasteiger partial charge is 0.447 e. The molecule has 0 bridgehead atoms. The van der Waals surface area contributed by atoms with Crippen molar-refractivity contribution in [3.63, 3.8) is 0 Å². The van der Waals surface area contributed by atoms with E-state index in [2.05, 4.69) is 16.0 Å². The Labute approximate surface area is 235 Å². The van der Waals surface area contributed by atoms with Crippen molar-refractivity contribution < 1.29 is 39.5 Å². The minimum absolute atomic E-state index is 0.0125. The highest BCUT2D eigenvalue weighted by atomic mass is 16.6. The molecule has 0 saturated heterocycles. The van der Waals surface area contributed by atoms with Crippen LogP contribution in [0.5, 0.6) is 0 Å². The Morgan fingerprint density at radius 1 is 0.775 bits per heavy atom. The van der Waals surface area contributed by atoms with Crippen LogP contribution in [-0.2, 0) is 22.3 Å². The van der Waals surface area contributed by atoms with Crippen molar-refractivity contribution in [2.75, 3.05) is 26.3 Å². The number of aliphatic hydroxyl groups excluding tert-OH is 4. The summed E-state index contributed by atoms with van der Waals surface area (Å²) in [5.41, 5.74) is 1.08.